The van der Waals surface area contributed by atoms with Crippen LogP contribution in [0.2, 0.25) is 0 Å². The molecule has 102 valence electrons. The largest absolute Gasteiger partial charge is 0.384 e. The first-order valence-electron chi connectivity index (χ1n) is 7.28. The Labute approximate surface area is 107 Å². The Bertz CT molecular complexity index is 176. The first-order chi connectivity index (χ1) is 8.36. The number of likely N-dealkylation sites (tertiary alicyclic amines) is 1. The van der Waals surface area contributed by atoms with Crippen LogP contribution in [0.4, 0.5) is 0 Å². The van der Waals surface area contributed by atoms with Gasteiger partial charge in [-0.05, 0) is 57.8 Å². The Kier molecular flexibility index (Phi) is 8.67. The lowest BCUT2D eigenvalue weighted by molar-refractivity contribution is 0.153. The molecule has 1 fully saturated rings. The molecule has 1 N–H and O–H groups in total. The number of ether oxygens (including phenoxy) is 1. The van der Waals surface area contributed by atoms with E-state index in [0.29, 0.717) is 0 Å². The van der Waals surface area contributed by atoms with E-state index in [9.17, 15) is 0 Å². The van der Waals surface area contributed by atoms with Crippen LogP contribution >= 0.6 is 0 Å². The second-order valence-electron chi connectivity index (χ2n) is 5.22. The summed E-state index contributed by atoms with van der Waals surface area (Å²) in [6.07, 6.45) is 6.62. The van der Waals surface area contributed by atoms with Crippen LogP contribution in [0.1, 0.15) is 39.0 Å². The lowest BCUT2D eigenvalue weighted by atomic mass is 10.1. The van der Waals surface area contributed by atoms with E-state index in [2.05, 4.69) is 17.1 Å². The quantitative estimate of drug-likeness (QED) is 0.594. The van der Waals surface area contributed by atoms with Gasteiger partial charge in [-0.2, -0.15) is 0 Å². The second kappa shape index (κ2) is 9.86. The van der Waals surface area contributed by atoms with Crippen LogP contribution in [0.5, 0.6) is 0 Å². The van der Waals surface area contributed by atoms with Crippen LogP contribution in [0, 0.1) is 5.92 Å². The van der Waals surface area contributed by atoms with Crippen LogP contribution in [-0.2, 0) is 4.74 Å². The zero-order valence-corrected chi connectivity index (χ0v) is 11.7. The van der Waals surface area contributed by atoms with Gasteiger partial charge in [0.25, 0.3) is 0 Å². The van der Waals surface area contributed by atoms with E-state index in [0.717, 1.165) is 12.5 Å². The third-order valence-electron chi connectivity index (χ3n) is 3.53. The Morgan fingerprint density at radius 3 is 2.88 bits per heavy atom. The van der Waals surface area contributed by atoms with Gasteiger partial charge in [0.15, 0.2) is 0 Å². The van der Waals surface area contributed by atoms with Crippen LogP contribution in [-0.4, -0.2) is 51.3 Å². The highest BCUT2D eigenvalue weighted by Crippen LogP contribution is 2.16. The first kappa shape index (κ1) is 14.9. The second-order valence-corrected chi connectivity index (χ2v) is 5.22. The van der Waals surface area contributed by atoms with Crippen LogP contribution in [0.25, 0.3) is 0 Å². The molecule has 1 saturated heterocycles. The molecule has 0 aliphatic carbocycles. The van der Waals surface area contributed by atoms with Gasteiger partial charge in [-0.25, -0.2) is 0 Å². The van der Waals surface area contributed by atoms with E-state index in [1.54, 1.807) is 0 Å². The van der Waals surface area contributed by atoms with Gasteiger partial charge in [-0.3, -0.25) is 0 Å². The summed E-state index contributed by atoms with van der Waals surface area (Å²) in [6.45, 7) is 9.34. The zero-order chi connectivity index (χ0) is 12.3. The molecule has 0 saturated carbocycles. The molecule has 0 aromatic rings. The van der Waals surface area contributed by atoms with Crippen LogP contribution < -0.4 is 5.32 Å². The van der Waals surface area contributed by atoms with Gasteiger partial charge in [0.1, 0.15) is 0 Å². The summed E-state index contributed by atoms with van der Waals surface area (Å²) in [5.41, 5.74) is 0. The highest BCUT2D eigenvalue weighted by atomic mass is 16.5. The molecule has 0 amide bonds. The number of hydrogen-bond donors (Lipinski definition) is 1. The van der Waals surface area contributed by atoms with Gasteiger partial charge in [0.05, 0.1) is 6.61 Å². The Hall–Kier alpha value is -0.120. The Morgan fingerprint density at radius 1 is 1.24 bits per heavy atom. The fraction of sp³-hybridized carbons (Fsp3) is 1.00. The highest BCUT2D eigenvalue weighted by Gasteiger charge is 2.21. The van der Waals surface area contributed by atoms with E-state index in [4.69, 9.17) is 4.74 Å². The molecule has 17 heavy (non-hydrogen) atoms. The van der Waals surface area contributed by atoms with Gasteiger partial charge < -0.3 is 15.0 Å². The van der Waals surface area contributed by atoms with Crippen molar-refractivity contribution in [3.05, 3.63) is 0 Å². The lowest BCUT2D eigenvalue weighted by Crippen LogP contribution is -2.23. The summed E-state index contributed by atoms with van der Waals surface area (Å²) >= 11 is 0. The molecular weight excluding hydrogens is 212 g/mol. The highest BCUT2D eigenvalue weighted by molar-refractivity contribution is 4.74. The summed E-state index contributed by atoms with van der Waals surface area (Å²) in [5, 5.41) is 3.46. The molecule has 1 unspecified atom stereocenters. The SMILES string of the molecule is CCCNCCCCCN1CCC(COC)C1. The van der Waals surface area contributed by atoms with Gasteiger partial charge in [-0.1, -0.05) is 13.3 Å². The summed E-state index contributed by atoms with van der Waals surface area (Å²) < 4.78 is 5.22. The Morgan fingerprint density at radius 2 is 2.12 bits per heavy atom. The van der Waals surface area contributed by atoms with E-state index in [1.165, 1.54) is 64.8 Å². The predicted molar refractivity (Wildman–Crippen MR) is 73.4 cm³/mol. The van der Waals surface area contributed by atoms with Crippen molar-refractivity contribution in [2.45, 2.75) is 39.0 Å². The zero-order valence-electron chi connectivity index (χ0n) is 11.7. The molecule has 1 aliphatic rings. The maximum absolute atomic E-state index is 5.22. The molecule has 1 aliphatic heterocycles. The number of rotatable bonds is 10. The van der Waals surface area contributed by atoms with Crippen molar-refractivity contribution in [3.63, 3.8) is 0 Å². The minimum Gasteiger partial charge on any atom is -0.384 e. The van der Waals surface area contributed by atoms with Crippen LogP contribution in [0.3, 0.4) is 0 Å². The van der Waals surface area contributed by atoms with Crippen molar-refractivity contribution in [1.29, 1.82) is 0 Å². The normalized spacial score (nSPS) is 21.2. The molecule has 3 heteroatoms. The average Bonchev–Trinajstić information content (AvgIpc) is 2.76. The number of nitrogens with one attached hydrogen (secondary N) is 1. The number of methoxy groups -OCH3 is 1. The first-order valence-corrected chi connectivity index (χ1v) is 7.28. The van der Waals surface area contributed by atoms with Gasteiger partial charge in [-0.15, -0.1) is 0 Å². The van der Waals surface area contributed by atoms with Gasteiger partial charge in [0.2, 0.25) is 0 Å². The third kappa shape index (κ3) is 7.02. The average molecular weight is 242 g/mol. The van der Waals surface area contributed by atoms with E-state index in [1.807, 2.05) is 7.11 Å². The van der Waals surface area contributed by atoms with Crippen molar-refractivity contribution >= 4 is 0 Å². The number of unbranched alkanes of at least 4 members (excludes halogenated alkanes) is 2. The molecule has 1 atom stereocenters. The van der Waals surface area contributed by atoms with Crippen LogP contribution in [0.15, 0.2) is 0 Å². The summed E-state index contributed by atoms with van der Waals surface area (Å²) in [6, 6.07) is 0. The molecule has 0 bridgehead atoms. The summed E-state index contributed by atoms with van der Waals surface area (Å²) in [7, 11) is 1.81. The predicted octanol–water partition coefficient (Wildman–Crippen LogP) is 2.12. The van der Waals surface area contributed by atoms with Crippen molar-refractivity contribution in [2.24, 2.45) is 5.92 Å². The molecular formula is C14H30N2O. The maximum atomic E-state index is 5.22. The van der Waals surface area contributed by atoms with Crippen molar-refractivity contribution in [3.8, 4) is 0 Å². The molecule has 0 aromatic heterocycles. The molecule has 3 nitrogen and oxygen atoms in total. The smallest absolute Gasteiger partial charge is 0.0503 e. The maximum Gasteiger partial charge on any atom is 0.0503 e. The van der Waals surface area contributed by atoms with E-state index < -0.39 is 0 Å². The molecule has 0 radical (unpaired) electrons. The van der Waals surface area contributed by atoms with E-state index >= 15 is 0 Å². The van der Waals surface area contributed by atoms with E-state index in [-0.39, 0.29) is 0 Å². The standard InChI is InChI=1S/C14H30N2O/c1-3-8-15-9-5-4-6-10-16-11-7-14(12-16)13-17-2/h14-15H,3-13H2,1-2H3. The minimum atomic E-state index is 0.784. The lowest BCUT2D eigenvalue weighted by Gasteiger charge is -2.15. The number of hydrogen-bond acceptors (Lipinski definition) is 3. The fourth-order valence-electron chi connectivity index (χ4n) is 2.55. The Balaban J connectivity index is 1.87. The molecule has 0 spiro atoms. The minimum absolute atomic E-state index is 0.784. The summed E-state index contributed by atoms with van der Waals surface area (Å²) in [4.78, 5) is 2.60. The molecule has 1 rings (SSSR count). The topological polar surface area (TPSA) is 24.5 Å². The third-order valence-corrected chi connectivity index (χ3v) is 3.53. The molecule has 1 heterocycles. The monoisotopic (exact) mass is 242 g/mol. The van der Waals surface area contributed by atoms with Crippen molar-refractivity contribution in [1.82, 2.24) is 10.2 Å². The van der Waals surface area contributed by atoms with Crippen molar-refractivity contribution < 1.29 is 4.74 Å². The fourth-order valence-corrected chi connectivity index (χ4v) is 2.55. The van der Waals surface area contributed by atoms with Gasteiger partial charge >= 0.3 is 0 Å². The molecule has 0 aromatic carbocycles. The van der Waals surface area contributed by atoms with Gasteiger partial charge in [0, 0.05) is 13.7 Å². The van der Waals surface area contributed by atoms with Crippen molar-refractivity contribution in [2.75, 3.05) is 46.4 Å². The summed E-state index contributed by atoms with van der Waals surface area (Å²) in [5.74, 6) is 0.784. The number of nitrogens with zero attached hydrogens (tertiary/aromatic N) is 1.